The van der Waals surface area contributed by atoms with Gasteiger partial charge in [0.1, 0.15) is 4.33 Å². The molecule has 4 rings (SSSR count). The van der Waals surface area contributed by atoms with Gasteiger partial charge in [-0.25, -0.2) is 8.78 Å². The number of alkyl halides is 4. The van der Waals surface area contributed by atoms with E-state index in [0.717, 1.165) is 14.5 Å². The third-order valence-corrected chi connectivity index (χ3v) is 7.95. The van der Waals surface area contributed by atoms with E-state index in [9.17, 15) is 18.4 Å². The van der Waals surface area contributed by atoms with Crippen molar-refractivity contribution >= 4 is 84.0 Å². The van der Waals surface area contributed by atoms with Crippen LogP contribution in [0.4, 0.5) is 14.5 Å². The zero-order chi connectivity index (χ0) is 23.4. The molecule has 170 valence electrons. The van der Waals surface area contributed by atoms with E-state index in [-0.39, 0.29) is 41.5 Å². The van der Waals surface area contributed by atoms with Crippen LogP contribution in [0.5, 0.6) is 0 Å². The van der Waals surface area contributed by atoms with Gasteiger partial charge in [-0.1, -0.05) is 43.5 Å². The minimum absolute atomic E-state index is 0.0123. The summed E-state index contributed by atoms with van der Waals surface area (Å²) < 4.78 is 26.5. The van der Waals surface area contributed by atoms with Crippen molar-refractivity contribution in [1.29, 1.82) is 0 Å². The zero-order valence-corrected chi connectivity index (χ0v) is 21.7. The number of amides is 1. The first kappa shape index (κ1) is 24.4. The van der Waals surface area contributed by atoms with Crippen molar-refractivity contribution in [3.63, 3.8) is 0 Å². The third-order valence-electron chi connectivity index (χ3n) is 5.76. The molecule has 2 aliphatic rings. The van der Waals surface area contributed by atoms with Gasteiger partial charge in [-0.3, -0.25) is 9.59 Å². The fourth-order valence-electron chi connectivity index (χ4n) is 4.16. The van der Waals surface area contributed by atoms with Crippen LogP contribution in [0, 0.1) is 11.8 Å². The van der Waals surface area contributed by atoms with Gasteiger partial charge in [0, 0.05) is 45.4 Å². The highest BCUT2D eigenvalue weighted by molar-refractivity contribution is 9.11. The first-order chi connectivity index (χ1) is 14.9. The number of halogens is 7. The molecule has 0 saturated heterocycles. The van der Waals surface area contributed by atoms with Gasteiger partial charge in [-0.05, 0) is 47.9 Å². The van der Waals surface area contributed by atoms with Gasteiger partial charge in [-0.2, -0.15) is 0 Å². The Labute approximate surface area is 215 Å². The molecule has 0 heterocycles. The molecule has 3 nitrogen and oxygen atoms in total. The zero-order valence-electron chi connectivity index (χ0n) is 16.3. The first-order valence-corrected chi connectivity index (χ1v) is 12.4. The molecular weight excluding hydrogens is 614 g/mol. The molecule has 1 N–H and O–H groups in total. The molecule has 2 aliphatic carbocycles. The second kappa shape index (κ2) is 8.81. The van der Waals surface area contributed by atoms with Crippen molar-refractivity contribution in [1.82, 2.24) is 0 Å². The molecular formula is C22H16Br2Cl3F2NO2. The predicted molar refractivity (Wildman–Crippen MR) is 129 cm³/mol. The highest BCUT2D eigenvalue weighted by atomic mass is 79.9. The van der Waals surface area contributed by atoms with Gasteiger partial charge in [0.25, 0.3) is 0 Å². The van der Waals surface area contributed by atoms with Gasteiger partial charge >= 0.3 is 0 Å². The number of benzene rings is 2. The minimum Gasteiger partial charge on any atom is -0.326 e. The van der Waals surface area contributed by atoms with Gasteiger partial charge in [0.15, 0.2) is 5.78 Å². The highest BCUT2D eigenvalue weighted by Gasteiger charge is 2.67. The Balaban J connectivity index is 1.46. The van der Waals surface area contributed by atoms with Crippen molar-refractivity contribution < 1.29 is 18.4 Å². The number of carbonyl (C=O) groups is 2. The Morgan fingerprint density at radius 1 is 1.06 bits per heavy atom. The first-order valence-electron chi connectivity index (χ1n) is 9.72. The van der Waals surface area contributed by atoms with Gasteiger partial charge in [0.2, 0.25) is 11.8 Å². The molecule has 0 aliphatic heterocycles. The van der Waals surface area contributed by atoms with E-state index in [1.807, 2.05) is 18.2 Å². The minimum atomic E-state index is -2.69. The molecule has 0 spiro atoms. The normalized spacial score (nSPS) is 23.3. The fourth-order valence-corrected chi connectivity index (χ4v) is 6.54. The van der Waals surface area contributed by atoms with Crippen LogP contribution in [0.1, 0.15) is 41.1 Å². The number of anilines is 1. The van der Waals surface area contributed by atoms with Crippen molar-refractivity contribution in [2.75, 3.05) is 5.32 Å². The molecule has 1 amide bonds. The van der Waals surface area contributed by atoms with Crippen LogP contribution in [0.2, 0.25) is 5.02 Å². The van der Waals surface area contributed by atoms with Crippen LogP contribution in [0.15, 0.2) is 45.3 Å². The van der Waals surface area contributed by atoms with Crippen LogP contribution in [0.3, 0.4) is 0 Å². The van der Waals surface area contributed by atoms with E-state index < -0.39 is 28.0 Å². The SMILES string of the molecule is O=C(CC1CC(F)(F)C1)c1cc(NC(=O)C2C(c3cc(Br)cc(Br)c3)C2(Cl)Cl)ccc1Cl. The van der Waals surface area contributed by atoms with Gasteiger partial charge < -0.3 is 5.32 Å². The van der Waals surface area contributed by atoms with Crippen molar-refractivity contribution in [3.8, 4) is 0 Å². The summed E-state index contributed by atoms with van der Waals surface area (Å²) in [7, 11) is 0. The number of rotatable bonds is 6. The summed E-state index contributed by atoms with van der Waals surface area (Å²) in [4.78, 5) is 25.5. The number of hydrogen-bond acceptors (Lipinski definition) is 2. The largest absolute Gasteiger partial charge is 0.326 e. The maximum absolute atomic E-state index is 13.1. The fraction of sp³-hybridized carbons (Fsp3) is 0.364. The number of ketones is 1. The molecule has 32 heavy (non-hydrogen) atoms. The van der Waals surface area contributed by atoms with Gasteiger partial charge in [-0.15, -0.1) is 23.2 Å². The van der Waals surface area contributed by atoms with Crippen molar-refractivity contribution in [3.05, 3.63) is 61.5 Å². The maximum atomic E-state index is 13.1. The second-order valence-electron chi connectivity index (χ2n) is 8.27. The van der Waals surface area contributed by atoms with E-state index in [4.69, 9.17) is 34.8 Å². The summed E-state index contributed by atoms with van der Waals surface area (Å²) in [6.45, 7) is 0. The van der Waals surface area contributed by atoms with E-state index in [1.165, 1.54) is 12.1 Å². The molecule has 2 fully saturated rings. The monoisotopic (exact) mass is 627 g/mol. The Bertz CT molecular complexity index is 1080. The molecule has 2 saturated carbocycles. The quantitative estimate of drug-likeness (QED) is 0.260. The summed E-state index contributed by atoms with van der Waals surface area (Å²) in [6.07, 6.45) is -0.605. The average molecular weight is 631 g/mol. The van der Waals surface area contributed by atoms with Crippen LogP contribution >= 0.6 is 66.7 Å². The van der Waals surface area contributed by atoms with Crippen LogP contribution in [-0.2, 0) is 4.79 Å². The molecule has 2 aromatic carbocycles. The van der Waals surface area contributed by atoms with Crippen LogP contribution in [0.25, 0.3) is 0 Å². The maximum Gasteiger partial charge on any atom is 0.248 e. The predicted octanol–water partition coefficient (Wildman–Crippen LogP) is 8.01. The lowest BCUT2D eigenvalue weighted by molar-refractivity contribution is -0.117. The molecule has 0 radical (unpaired) electrons. The smallest absolute Gasteiger partial charge is 0.248 e. The van der Waals surface area contributed by atoms with Crippen LogP contribution < -0.4 is 5.32 Å². The Morgan fingerprint density at radius 3 is 2.28 bits per heavy atom. The third kappa shape index (κ3) is 5.02. The number of hydrogen-bond donors (Lipinski definition) is 1. The lowest BCUT2D eigenvalue weighted by atomic mass is 9.77. The lowest BCUT2D eigenvalue weighted by Crippen LogP contribution is -2.36. The summed E-state index contributed by atoms with van der Waals surface area (Å²) in [6, 6.07) is 10.1. The van der Waals surface area contributed by atoms with Crippen molar-refractivity contribution in [2.24, 2.45) is 11.8 Å². The highest BCUT2D eigenvalue weighted by Crippen LogP contribution is 2.65. The standard InChI is InChI=1S/C22H16Br2Cl3F2NO2/c23-12-4-11(5-13(24)6-12)18-19(22(18,26)27)20(32)30-14-1-2-16(25)15(7-14)17(31)3-10-8-21(28,29)9-10/h1-2,4-7,10,18-19H,3,8-9H2,(H,30,32). The summed E-state index contributed by atoms with van der Waals surface area (Å²) in [5, 5.41) is 2.94. The van der Waals surface area contributed by atoms with E-state index in [2.05, 4.69) is 37.2 Å². The second-order valence-corrected chi connectivity index (χ2v) is 12.0. The number of Topliss-reactive ketones (excluding diaryl/α,β-unsaturated/α-hetero) is 1. The average Bonchev–Trinajstić information content (AvgIpc) is 3.23. The molecule has 0 aromatic heterocycles. The summed E-state index contributed by atoms with van der Waals surface area (Å²) in [5.74, 6) is -4.89. The van der Waals surface area contributed by atoms with Gasteiger partial charge in [0.05, 0.1) is 10.9 Å². The Hall–Kier alpha value is -0.730. The summed E-state index contributed by atoms with van der Waals surface area (Å²) in [5.41, 5.74) is 1.35. The molecule has 2 unspecified atom stereocenters. The Kier molecular flexibility index (Phi) is 6.71. The Morgan fingerprint density at radius 2 is 1.69 bits per heavy atom. The number of nitrogens with one attached hydrogen (secondary N) is 1. The van der Waals surface area contributed by atoms with E-state index in [0.29, 0.717) is 5.69 Å². The molecule has 2 aromatic rings. The molecule has 10 heteroatoms. The van der Waals surface area contributed by atoms with Crippen LogP contribution in [-0.4, -0.2) is 21.9 Å². The van der Waals surface area contributed by atoms with E-state index >= 15 is 0 Å². The number of carbonyl (C=O) groups excluding carboxylic acids is 2. The lowest BCUT2D eigenvalue weighted by Gasteiger charge is -2.34. The van der Waals surface area contributed by atoms with Crippen molar-refractivity contribution in [2.45, 2.75) is 35.4 Å². The topological polar surface area (TPSA) is 46.2 Å². The summed E-state index contributed by atoms with van der Waals surface area (Å²) >= 11 is 25.8. The molecule has 2 atom stereocenters. The molecule has 0 bridgehead atoms. The van der Waals surface area contributed by atoms with E-state index in [1.54, 1.807) is 6.07 Å².